The zero-order valence-electron chi connectivity index (χ0n) is 10.7. The molecule has 1 aromatic carbocycles. The molecule has 104 valence electrons. The highest BCUT2D eigenvalue weighted by atomic mass is 35.5. The number of hydrogen-bond acceptors (Lipinski definition) is 3. The van der Waals surface area contributed by atoms with Gasteiger partial charge in [0.05, 0.1) is 0 Å². The fourth-order valence-electron chi connectivity index (χ4n) is 1.95. The molecule has 19 heavy (non-hydrogen) atoms. The monoisotopic (exact) mass is 283 g/mol. The van der Waals surface area contributed by atoms with Crippen molar-refractivity contribution >= 4 is 17.5 Å². The standard InChI is InChI=1S/C14H18ClNO3/c15-11-1-3-12(4-2-11)19-9-13(18)16-10-14(5-6-14)7-8-17/h1-4,17H,5-10H2,(H,16,18). The van der Waals surface area contributed by atoms with Gasteiger partial charge in [0.25, 0.3) is 5.91 Å². The van der Waals surface area contributed by atoms with Gasteiger partial charge in [-0.2, -0.15) is 0 Å². The third kappa shape index (κ3) is 4.40. The number of carbonyl (C=O) groups is 1. The van der Waals surface area contributed by atoms with Crippen molar-refractivity contribution in [1.29, 1.82) is 0 Å². The van der Waals surface area contributed by atoms with Gasteiger partial charge in [0.2, 0.25) is 0 Å². The van der Waals surface area contributed by atoms with E-state index in [1.165, 1.54) is 0 Å². The Kier molecular flexibility index (Phi) is 4.66. The summed E-state index contributed by atoms with van der Waals surface area (Å²) in [5.41, 5.74) is 0.130. The van der Waals surface area contributed by atoms with Crippen molar-refractivity contribution in [3.63, 3.8) is 0 Å². The SMILES string of the molecule is O=C(COc1ccc(Cl)cc1)NCC1(CCO)CC1. The number of aliphatic hydroxyl groups excluding tert-OH is 1. The minimum atomic E-state index is -0.140. The van der Waals surface area contributed by atoms with Crippen LogP contribution in [0, 0.1) is 5.41 Å². The summed E-state index contributed by atoms with van der Waals surface area (Å²) >= 11 is 5.76. The number of hydrogen-bond donors (Lipinski definition) is 2. The van der Waals surface area contributed by atoms with Crippen molar-refractivity contribution in [2.75, 3.05) is 19.8 Å². The Morgan fingerprint density at radius 3 is 2.63 bits per heavy atom. The number of carbonyl (C=O) groups excluding carboxylic acids is 1. The topological polar surface area (TPSA) is 58.6 Å². The fourth-order valence-corrected chi connectivity index (χ4v) is 2.07. The third-order valence-corrected chi connectivity index (χ3v) is 3.70. The van der Waals surface area contributed by atoms with E-state index in [9.17, 15) is 4.79 Å². The molecule has 1 amide bonds. The van der Waals surface area contributed by atoms with E-state index >= 15 is 0 Å². The molecule has 1 aliphatic rings. The van der Waals surface area contributed by atoms with E-state index < -0.39 is 0 Å². The average molecular weight is 284 g/mol. The molecule has 0 unspecified atom stereocenters. The molecule has 0 bridgehead atoms. The maximum atomic E-state index is 11.6. The number of benzene rings is 1. The van der Waals surface area contributed by atoms with Crippen LogP contribution in [0.5, 0.6) is 5.75 Å². The Morgan fingerprint density at radius 2 is 2.05 bits per heavy atom. The Hall–Kier alpha value is -1.26. The quantitative estimate of drug-likeness (QED) is 0.805. The molecule has 5 heteroatoms. The molecule has 1 saturated carbocycles. The van der Waals surface area contributed by atoms with Crippen LogP contribution in [0.1, 0.15) is 19.3 Å². The van der Waals surface area contributed by atoms with Gasteiger partial charge in [0.15, 0.2) is 6.61 Å². The van der Waals surface area contributed by atoms with Gasteiger partial charge in [0.1, 0.15) is 5.75 Å². The number of nitrogens with one attached hydrogen (secondary N) is 1. The van der Waals surface area contributed by atoms with Gasteiger partial charge in [0, 0.05) is 18.2 Å². The van der Waals surface area contributed by atoms with Crippen LogP contribution in [0.3, 0.4) is 0 Å². The smallest absolute Gasteiger partial charge is 0.257 e. The van der Waals surface area contributed by atoms with Gasteiger partial charge >= 0.3 is 0 Å². The lowest BCUT2D eigenvalue weighted by molar-refractivity contribution is -0.123. The van der Waals surface area contributed by atoms with Gasteiger partial charge in [-0.05, 0) is 48.9 Å². The van der Waals surface area contributed by atoms with E-state index in [2.05, 4.69) is 5.32 Å². The Bertz CT molecular complexity index is 429. The van der Waals surface area contributed by atoms with Crippen LogP contribution in [0.2, 0.25) is 5.02 Å². The molecule has 0 spiro atoms. The highest BCUT2D eigenvalue weighted by Crippen LogP contribution is 2.47. The van der Waals surface area contributed by atoms with Crippen molar-refractivity contribution < 1.29 is 14.6 Å². The van der Waals surface area contributed by atoms with Gasteiger partial charge < -0.3 is 15.2 Å². The molecule has 2 N–H and O–H groups in total. The number of aliphatic hydroxyl groups is 1. The fraction of sp³-hybridized carbons (Fsp3) is 0.500. The Morgan fingerprint density at radius 1 is 1.37 bits per heavy atom. The molecule has 2 rings (SSSR count). The summed E-state index contributed by atoms with van der Waals surface area (Å²) in [5.74, 6) is 0.482. The average Bonchev–Trinajstić information content (AvgIpc) is 3.17. The van der Waals surface area contributed by atoms with E-state index in [0.29, 0.717) is 17.3 Å². The zero-order chi connectivity index (χ0) is 13.7. The first-order valence-corrected chi connectivity index (χ1v) is 6.77. The van der Waals surface area contributed by atoms with Crippen molar-refractivity contribution in [1.82, 2.24) is 5.32 Å². The first-order chi connectivity index (χ1) is 9.13. The van der Waals surface area contributed by atoms with Gasteiger partial charge in [-0.3, -0.25) is 4.79 Å². The van der Waals surface area contributed by atoms with Crippen LogP contribution in [-0.4, -0.2) is 30.8 Å². The van der Waals surface area contributed by atoms with Crippen molar-refractivity contribution in [2.24, 2.45) is 5.41 Å². The zero-order valence-corrected chi connectivity index (χ0v) is 11.4. The molecule has 0 radical (unpaired) electrons. The highest BCUT2D eigenvalue weighted by molar-refractivity contribution is 6.30. The summed E-state index contributed by atoms with van der Waals surface area (Å²) in [4.78, 5) is 11.6. The molecule has 1 fully saturated rings. The second-order valence-corrected chi connectivity index (χ2v) is 5.43. The minimum absolute atomic E-state index is 0.00314. The number of rotatable bonds is 7. The lowest BCUT2D eigenvalue weighted by atomic mass is 10.0. The van der Waals surface area contributed by atoms with Crippen molar-refractivity contribution in [3.05, 3.63) is 29.3 Å². The molecule has 0 atom stereocenters. The van der Waals surface area contributed by atoms with Crippen molar-refractivity contribution in [3.8, 4) is 5.75 Å². The summed E-state index contributed by atoms with van der Waals surface area (Å²) in [7, 11) is 0. The van der Waals surface area contributed by atoms with Crippen LogP contribution in [0.15, 0.2) is 24.3 Å². The largest absolute Gasteiger partial charge is 0.484 e. The molecule has 1 aromatic rings. The second-order valence-electron chi connectivity index (χ2n) is 4.99. The molecule has 0 aliphatic heterocycles. The number of halogens is 1. The minimum Gasteiger partial charge on any atom is -0.484 e. The van der Waals surface area contributed by atoms with Crippen molar-refractivity contribution in [2.45, 2.75) is 19.3 Å². The van der Waals surface area contributed by atoms with E-state index in [0.717, 1.165) is 19.3 Å². The van der Waals surface area contributed by atoms with E-state index in [1.54, 1.807) is 24.3 Å². The van der Waals surface area contributed by atoms with Crippen LogP contribution >= 0.6 is 11.6 Å². The normalized spacial score (nSPS) is 15.9. The Balaban J connectivity index is 1.69. The maximum Gasteiger partial charge on any atom is 0.257 e. The third-order valence-electron chi connectivity index (χ3n) is 3.44. The summed E-state index contributed by atoms with van der Waals surface area (Å²) in [5, 5.41) is 12.4. The molecular formula is C14H18ClNO3. The molecule has 0 saturated heterocycles. The number of ether oxygens (including phenoxy) is 1. The number of amides is 1. The summed E-state index contributed by atoms with van der Waals surface area (Å²) < 4.78 is 5.35. The maximum absolute atomic E-state index is 11.6. The summed E-state index contributed by atoms with van der Waals surface area (Å²) in [6, 6.07) is 6.89. The predicted octanol–water partition coefficient (Wildman–Crippen LogP) is 2.00. The first-order valence-electron chi connectivity index (χ1n) is 6.39. The van der Waals surface area contributed by atoms with E-state index in [-0.39, 0.29) is 24.5 Å². The van der Waals surface area contributed by atoms with E-state index in [1.807, 2.05) is 0 Å². The highest BCUT2D eigenvalue weighted by Gasteiger charge is 2.41. The van der Waals surface area contributed by atoms with Gasteiger partial charge in [-0.25, -0.2) is 0 Å². The summed E-state index contributed by atoms with van der Waals surface area (Å²) in [6.07, 6.45) is 2.91. The van der Waals surface area contributed by atoms with Crippen LogP contribution < -0.4 is 10.1 Å². The van der Waals surface area contributed by atoms with Gasteiger partial charge in [-0.15, -0.1) is 0 Å². The second kappa shape index (κ2) is 6.26. The molecule has 0 heterocycles. The first kappa shape index (κ1) is 14.2. The van der Waals surface area contributed by atoms with Crippen LogP contribution in [0.4, 0.5) is 0 Å². The molecule has 0 aromatic heterocycles. The summed E-state index contributed by atoms with van der Waals surface area (Å²) in [6.45, 7) is 0.796. The van der Waals surface area contributed by atoms with E-state index in [4.69, 9.17) is 21.4 Å². The van der Waals surface area contributed by atoms with Crippen LogP contribution in [0.25, 0.3) is 0 Å². The predicted molar refractivity (Wildman–Crippen MR) is 73.3 cm³/mol. The lowest BCUT2D eigenvalue weighted by Gasteiger charge is -2.14. The molecule has 1 aliphatic carbocycles. The van der Waals surface area contributed by atoms with Gasteiger partial charge in [-0.1, -0.05) is 11.6 Å². The molecular weight excluding hydrogens is 266 g/mol. The Labute approximate surface area is 117 Å². The lowest BCUT2D eigenvalue weighted by Crippen LogP contribution is -2.34. The molecule has 4 nitrogen and oxygen atoms in total. The van der Waals surface area contributed by atoms with Crippen LogP contribution in [-0.2, 0) is 4.79 Å².